The van der Waals surface area contributed by atoms with Crippen LogP contribution in [0.1, 0.15) is 58.8 Å². The normalized spacial score (nSPS) is 15.3. The van der Waals surface area contributed by atoms with Gasteiger partial charge < -0.3 is 10.2 Å². The molecule has 0 radical (unpaired) electrons. The second kappa shape index (κ2) is 5.58. The summed E-state index contributed by atoms with van der Waals surface area (Å²) in [6.07, 6.45) is 2.58. The summed E-state index contributed by atoms with van der Waals surface area (Å²) in [7, 11) is 0. The first-order chi connectivity index (χ1) is 9.38. The predicted molar refractivity (Wildman–Crippen MR) is 85.7 cm³/mol. The minimum Gasteiger partial charge on any atom is -0.370 e. The van der Waals surface area contributed by atoms with Gasteiger partial charge in [-0.25, -0.2) is 9.97 Å². The van der Waals surface area contributed by atoms with Gasteiger partial charge in [0.05, 0.1) is 0 Å². The molecule has 0 saturated heterocycles. The van der Waals surface area contributed by atoms with E-state index in [1.807, 2.05) is 0 Å². The van der Waals surface area contributed by atoms with Gasteiger partial charge in [-0.05, 0) is 33.6 Å². The van der Waals surface area contributed by atoms with E-state index in [2.05, 4.69) is 51.8 Å². The topological polar surface area (TPSA) is 41.1 Å². The van der Waals surface area contributed by atoms with E-state index in [1.165, 1.54) is 18.4 Å². The van der Waals surface area contributed by atoms with Crippen molar-refractivity contribution in [2.75, 3.05) is 23.3 Å². The van der Waals surface area contributed by atoms with Gasteiger partial charge in [-0.1, -0.05) is 20.8 Å². The lowest BCUT2D eigenvalue weighted by molar-refractivity contribution is 0.543. The average molecular weight is 276 g/mol. The summed E-state index contributed by atoms with van der Waals surface area (Å²) in [5.41, 5.74) is 1.14. The Balaban J connectivity index is 2.50. The quantitative estimate of drug-likeness (QED) is 0.893. The zero-order valence-corrected chi connectivity index (χ0v) is 13.7. The first kappa shape index (κ1) is 15.1. The van der Waals surface area contributed by atoms with Crippen molar-refractivity contribution < 1.29 is 0 Å². The van der Waals surface area contributed by atoms with Gasteiger partial charge in [-0.15, -0.1) is 0 Å². The van der Waals surface area contributed by atoms with Crippen molar-refractivity contribution in [3.05, 3.63) is 11.4 Å². The Morgan fingerprint density at radius 1 is 1.20 bits per heavy atom. The van der Waals surface area contributed by atoms with Crippen LogP contribution in [-0.2, 0) is 5.41 Å². The molecule has 1 aliphatic rings. The third-order valence-electron chi connectivity index (χ3n) is 3.74. The monoisotopic (exact) mass is 276 g/mol. The molecule has 0 spiro atoms. The van der Waals surface area contributed by atoms with Gasteiger partial charge in [0, 0.05) is 30.1 Å². The van der Waals surface area contributed by atoms with Crippen molar-refractivity contribution in [3.63, 3.8) is 0 Å². The van der Waals surface area contributed by atoms with E-state index in [1.54, 1.807) is 0 Å². The second-order valence-electron chi connectivity index (χ2n) is 6.64. The molecule has 0 aliphatic heterocycles. The zero-order chi connectivity index (χ0) is 14.9. The fraction of sp³-hybridized carbons (Fsp3) is 0.750. The molecule has 0 atom stereocenters. The molecule has 4 heteroatoms. The molecule has 0 aromatic carbocycles. The third-order valence-corrected chi connectivity index (χ3v) is 3.74. The number of nitrogens with one attached hydrogen (secondary N) is 1. The van der Waals surface area contributed by atoms with Gasteiger partial charge in [0.15, 0.2) is 0 Å². The maximum atomic E-state index is 4.89. The van der Waals surface area contributed by atoms with Crippen LogP contribution in [0.2, 0.25) is 0 Å². The van der Waals surface area contributed by atoms with Crippen LogP contribution in [0.4, 0.5) is 11.6 Å². The first-order valence-electron chi connectivity index (χ1n) is 7.78. The van der Waals surface area contributed by atoms with Crippen molar-refractivity contribution >= 4 is 11.6 Å². The Morgan fingerprint density at radius 3 is 2.30 bits per heavy atom. The van der Waals surface area contributed by atoms with Gasteiger partial charge in [-0.2, -0.15) is 0 Å². The van der Waals surface area contributed by atoms with Crippen LogP contribution in [-0.4, -0.2) is 29.1 Å². The Hall–Kier alpha value is -1.32. The molecule has 1 heterocycles. The number of nitrogens with zero attached hydrogens (tertiary/aromatic N) is 3. The van der Waals surface area contributed by atoms with E-state index in [0.717, 1.165) is 30.5 Å². The fourth-order valence-corrected chi connectivity index (χ4v) is 2.43. The molecule has 0 unspecified atom stereocenters. The summed E-state index contributed by atoms with van der Waals surface area (Å²) in [6.45, 7) is 14.9. The average Bonchev–Trinajstić information content (AvgIpc) is 3.18. The van der Waals surface area contributed by atoms with Crippen LogP contribution in [0.5, 0.6) is 0 Å². The number of aromatic nitrogens is 2. The maximum absolute atomic E-state index is 4.89. The van der Waals surface area contributed by atoms with E-state index < -0.39 is 0 Å². The number of rotatable bonds is 5. The largest absolute Gasteiger partial charge is 0.370 e. The van der Waals surface area contributed by atoms with Gasteiger partial charge in [-0.3, -0.25) is 0 Å². The van der Waals surface area contributed by atoms with Crippen LogP contribution >= 0.6 is 0 Å². The van der Waals surface area contributed by atoms with Crippen molar-refractivity contribution in [2.24, 2.45) is 0 Å². The molecule has 1 saturated carbocycles. The molecular weight excluding hydrogens is 248 g/mol. The van der Waals surface area contributed by atoms with Crippen LogP contribution in [0.25, 0.3) is 0 Å². The highest BCUT2D eigenvalue weighted by atomic mass is 15.2. The molecule has 1 aliphatic carbocycles. The molecule has 4 nitrogen and oxygen atoms in total. The van der Waals surface area contributed by atoms with Crippen LogP contribution in [0.3, 0.4) is 0 Å². The van der Waals surface area contributed by atoms with E-state index in [4.69, 9.17) is 9.97 Å². The standard InChI is InChI=1S/C16H28N4/c1-7-17-13-11(3)14(20(8-2)12-9-10-12)19-15(18-13)16(4,5)6/h12H,7-10H2,1-6H3,(H,17,18,19). The molecule has 0 bridgehead atoms. The molecule has 0 amide bonds. The van der Waals surface area contributed by atoms with E-state index in [-0.39, 0.29) is 5.41 Å². The molecular formula is C16H28N4. The summed E-state index contributed by atoms with van der Waals surface area (Å²) in [6, 6.07) is 0.677. The minimum absolute atomic E-state index is 0.0322. The maximum Gasteiger partial charge on any atom is 0.138 e. The number of hydrogen-bond donors (Lipinski definition) is 1. The molecule has 1 fully saturated rings. The summed E-state index contributed by atoms with van der Waals surface area (Å²) in [4.78, 5) is 12.1. The molecule has 1 N–H and O–H groups in total. The number of hydrogen-bond acceptors (Lipinski definition) is 4. The Labute approximate surface area is 123 Å². The summed E-state index contributed by atoms with van der Waals surface area (Å²) >= 11 is 0. The molecule has 1 aromatic rings. The molecule has 20 heavy (non-hydrogen) atoms. The minimum atomic E-state index is -0.0322. The van der Waals surface area contributed by atoms with E-state index in [0.29, 0.717) is 6.04 Å². The third kappa shape index (κ3) is 3.05. The Kier molecular flexibility index (Phi) is 4.21. The Morgan fingerprint density at radius 2 is 1.85 bits per heavy atom. The SMILES string of the molecule is CCNc1nc(C(C)(C)C)nc(N(CC)C2CC2)c1C. The first-order valence-corrected chi connectivity index (χ1v) is 7.78. The Bertz CT molecular complexity index is 472. The molecule has 112 valence electrons. The summed E-state index contributed by atoms with van der Waals surface area (Å²) < 4.78 is 0. The second-order valence-corrected chi connectivity index (χ2v) is 6.64. The summed E-state index contributed by atoms with van der Waals surface area (Å²) in [5, 5.41) is 3.39. The van der Waals surface area contributed by atoms with Crippen molar-refractivity contribution in [1.82, 2.24) is 9.97 Å². The fourth-order valence-electron chi connectivity index (χ4n) is 2.43. The van der Waals surface area contributed by atoms with Gasteiger partial charge in [0.2, 0.25) is 0 Å². The van der Waals surface area contributed by atoms with Gasteiger partial charge in [0.25, 0.3) is 0 Å². The predicted octanol–water partition coefficient (Wildman–Crippen LogP) is 3.50. The highest BCUT2D eigenvalue weighted by Gasteiger charge is 2.31. The molecule has 1 aromatic heterocycles. The van der Waals surface area contributed by atoms with Crippen molar-refractivity contribution in [3.8, 4) is 0 Å². The molecule has 2 rings (SSSR count). The number of anilines is 2. The smallest absolute Gasteiger partial charge is 0.138 e. The van der Waals surface area contributed by atoms with E-state index in [9.17, 15) is 0 Å². The lowest BCUT2D eigenvalue weighted by atomic mass is 9.95. The van der Waals surface area contributed by atoms with Crippen LogP contribution in [0, 0.1) is 6.92 Å². The van der Waals surface area contributed by atoms with Crippen molar-refractivity contribution in [2.45, 2.75) is 65.8 Å². The van der Waals surface area contributed by atoms with Crippen LogP contribution < -0.4 is 10.2 Å². The lowest BCUT2D eigenvalue weighted by Gasteiger charge is -2.27. The van der Waals surface area contributed by atoms with Crippen LogP contribution in [0.15, 0.2) is 0 Å². The van der Waals surface area contributed by atoms with Gasteiger partial charge in [0.1, 0.15) is 17.5 Å². The summed E-state index contributed by atoms with van der Waals surface area (Å²) in [5.74, 6) is 3.03. The van der Waals surface area contributed by atoms with Gasteiger partial charge >= 0.3 is 0 Å². The van der Waals surface area contributed by atoms with E-state index >= 15 is 0 Å². The van der Waals surface area contributed by atoms with Crippen molar-refractivity contribution in [1.29, 1.82) is 0 Å². The highest BCUT2D eigenvalue weighted by Crippen LogP contribution is 2.35. The lowest BCUT2D eigenvalue weighted by Crippen LogP contribution is -2.29. The zero-order valence-electron chi connectivity index (χ0n) is 13.7. The highest BCUT2D eigenvalue weighted by molar-refractivity contribution is 5.60.